The minimum Gasteiger partial charge on any atom is -0.501 e. The van der Waals surface area contributed by atoms with E-state index in [4.69, 9.17) is 4.74 Å². The Bertz CT molecular complexity index is 201. The summed E-state index contributed by atoms with van der Waals surface area (Å²) in [5.74, 6) is 1.64. The van der Waals surface area contributed by atoms with E-state index in [1.54, 1.807) is 6.26 Å². The largest absolute Gasteiger partial charge is 0.501 e. The van der Waals surface area contributed by atoms with Crippen LogP contribution in [0, 0.1) is 5.41 Å². The summed E-state index contributed by atoms with van der Waals surface area (Å²) in [6.07, 6.45) is 4.60. The van der Waals surface area contributed by atoms with Gasteiger partial charge < -0.3 is 4.74 Å². The van der Waals surface area contributed by atoms with Gasteiger partial charge in [-0.15, -0.1) is 0 Å². The van der Waals surface area contributed by atoms with Crippen LogP contribution in [-0.4, -0.2) is 22.3 Å². The van der Waals surface area contributed by atoms with Gasteiger partial charge in [0.1, 0.15) is 0 Å². The zero-order chi connectivity index (χ0) is 9.03. The molecule has 0 N–H and O–H groups in total. The lowest BCUT2D eigenvalue weighted by atomic mass is 9.92. The van der Waals surface area contributed by atoms with Crippen LogP contribution in [0.2, 0.25) is 0 Å². The van der Waals surface area contributed by atoms with Gasteiger partial charge in [-0.05, 0) is 13.3 Å². The molecule has 3 heteroatoms. The van der Waals surface area contributed by atoms with E-state index in [0.29, 0.717) is 6.61 Å². The van der Waals surface area contributed by atoms with Crippen molar-refractivity contribution in [2.45, 2.75) is 20.3 Å². The predicted molar refractivity (Wildman–Crippen MR) is 51.4 cm³/mol. The molecule has 0 aromatic rings. The van der Waals surface area contributed by atoms with Gasteiger partial charge in [-0.3, -0.25) is 4.21 Å². The summed E-state index contributed by atoms with van der Waals surface area (Å²) in [7, 11) is -0.602. The van der Waals surface area contributed by atoms with Crippen LogP contribution in [0.4, 0.5) is 0 Å². The Hall–Kier alpha value is -0.310. The molecule has 12 heavy (non-hydrogen) atoms. The van der Waals surface area contributed by atoms with E-state index in [-0.39, 0.29) is 5.41 Å². The summed E-state index contributed by atoms with van der Waals surface area (Å²) in [6.45, 7) is 4.76. The van der Waals surface area contributed by atoms with Crippen molar-refractivity contribution in [3.63, 3.8) is 0 Å². The quantitative estimate of drug-likeness (QED) is 0.630. The summed E-state index contributed by atoms with van der Waals surface area (Å²) in [4.78, 5) is 0. The molecule has 0 aromatic carbocycles. The Morgan fingerprint density at radius 3 is 2.92 bits per heavy atom. The summed E-state index contributed by atoms with van der Waals surface area (Å²) in [5.41, 5.74) is 0.143. The van der Waals surface area contributed by atoms with Crippen molar-refractivity contribution in [1.29, 1.82) is 0 Å². The van der Waals surface area contributed by atoms with E-state index < -0.39 is 10.8 Å². The van der Waals surface area contributed by atoms with Crippen LogP contribution < -0.4 is 0 Å². The molecule has 1 aliphatic rings. The molecular formula is C9H16O2S. The highest BCUT2D eigenvalue weighted by Crippen LogP contribution is 2.29. The van der Waals surface area contributed by atoms with Crippen molar-refractivity contribution in [1.82, 2.24) is 0 Å². The SMILES string of the molecule is C/C=C/OCC1(C)CCS(=O)C1. The van der Waals surface area contributed by atoms with Gasteiger partial charge in [0.25, 0.3) is 0 Å². The molecule has 0 bridgehead atoms. The van der Waals surface area contributed by atoms with Crippen LogP contribution in [0.15, 0.2) is 12.3 Å². The second kappa shape index (κ2) is 4.08. The predicted octanol–water partition coefficient (Wildman–Crippen LogP) is 1.70. The highest BCUT2D eigenvalue weighted by Gasteiger charge is 2.33. The van der Waals surface area contributed by atoms with Crippen molar-refractivity contribution < 1.29 is 8.95 Å². The highest BCUT2D eigenvalue weighted by molar-refractivity contribution is 7.85. The molecule has 0 radical (unpaired) electrons. The van der Waals surface area contributed by atoms with E-state index in [9.17, 15) is 4.21 Å². The number of rotatable bonds is 3. The molecular weight excluding hydrogens is 172 g/mol. The van der Waals surface area contributed by atoms with Gasteiger partial charge in [-0.1, -0.05) is 13.0 Å². The van der Waals surface area contributed by atoms with Gasteiger partial charge in [-0.2, -0.15) is 0 Å². The van der Waals surface area contributed by atoms with Crippen LogP contribution in [0.1, 0.15) is 20.3 Å². The Morgan fingerprint density at radius 2 is 2.42 bits per heavy atom. The van der Waals surface area contributed by atoms with E-state index >= 15 is 0 Å². The molecule has 0 saturated carbocycles. The van der Waals surface area contributed by atoms with Crippen molar-refractivity contribution in [3.8, 4) is 0 Å². The zero-order valence-corrected chi connectivity index (χ0v) is 8.52. The van der Waals surface area contributed by atoms with E-state index in [1.807, 2.05) is 13.0 Å². The molecule has 0 amide bonds. The standard InChI is InChI=1S/C9H16O2S/c1-3-5-11-7-9(2)4-6-12(10)8-9/h3,5H,4,6-8H2,1-2H3/b5-3+. The van der Waals surface area contributed by atoms with E-state index in [1.165, 1.54) is 0 Å². The highest BCUT2D eigenvalue weighted by atomic mass is 32.2. The molecule has 70 valence electrons. The first kappa shape index (κ1) is 9.78. The van der Waals surface area contributed by atoms with Crippen molar-refractivity contribution in [2.24, 2.45) is 5.41 Å². The second-order valence-electron chi connectivity index (χ2n) is 3.63. The van der Waals surface area contributed by atoms with Crippen molar-refractivity contribution in [3.05, 3.63) is 12.3 Å². The Kier molecular flexibility index (Phi) is 3.32. The van der Waals surface area contributed by atoms with Crippen LogP contribution in [0.3, 0.4) is 0 Å². The maximum atomic E-state index is 11.1. The fraction of sp³-hybridized carbons (Fsp3) is 0.778. The lowest BCUT2D eigenvalue weighted by Crippen LogP contribution is -2.22. The molecule has 0 spiro atoms. The fourth-order valence-corrected chi connectivity index (χ4v) is 3.22. The molecule has 0 aliphatic carbocycles. The van der Waals surface area contributed by atoms with E-state index in [2.05, 4.69) is 6.92 Å². The summed E-state index contributed by atoms with van der Waals surface area (Å²) < 4.78 is 16.4. The first-order valence-electron chi connectivity index (χ1n) is 4.24. The van der Waals surface area contributed by atoms with Gasteiger partial charge >= 0.3 is 0 Å². The normalized spacial score (nSPS) is 36.0. The van der Waals surface area contributed by atoms with Crippen LogP contribution >= 0.6 is 0 Å². The Morgan fingerprint density at radius 1 is 1.67 bits per heavy atom. The van der Waals surface area contributed by atoms with Crippen LogP contribution in [-0.2, 0) is 15.5 Å². The molecule has 2 unspecified atom stereocenters. The minimum atomic E-state index is -0.602. The molecule has 1 fully saturated rings. The fourth-order valence-electron chi connectivity index (χ4n) is 1.35. The molecule has 2 atom stereocenters. The van der Waals surface area contributed by atoms with Crippen LogP contribution in [0.5, 0.6) is 0 Å². The first-order valence-corrected chi connectivity index (χ1v) is 5.73. The molecule has 1 aliphatic heterocycles. The van der Waals surface area contributed by atoms with Gasteiger partial charge in [0.05, 0.1) is 12.9 Å². The van der Waals surface area contributed by atoms with Gasteiger partial charge in [0.15, 0.2) is 0 Å². The third-order valence-electron chi connectivity index (χ3n) is 2.11. The van der Waals surface area contributed by atoms with Crippen molar-refractivity contribution >= 4 is 10.8 Å². The molecule has 1 rings (SSSR count). The topological polar surface area (TPSA) is 26.3 Å². The second-order valence-corrected chi connectivity index (χ2v) is 5.21. The smallest absolute Gasteiger partial charge is 0.0935 e. The number of allylic oxidation sites excluding steroid dienone is 1. The van der Waals surface area contributed by atoms with Crippen molar-refractivity contribution in [2.75, 3.05) is 18.1 Å². The average Bonchev–Trinajstić information content (AvgIpc) is 2.32. The Labute approximate surface area is 76.5 Å². The number of hydrogen-bond acceptors (Lipinski definition) is 2. The molecule has 0 aromatic heterocycles. The lowest BCUT2D eigenvalue weighted by molar-refractivity contribution is 0.142. The number of ether oxygens (including phenoxy) is 1. The van der Waals surface area contributed by atoms with E-state index in [0.717, 1.165) is 17.9 Å². The summed E-state index contributed by atoms with van der Waals surface area (Å²) >= 11 is 0. The van der Waals surface area contributed by atoms with Crippen LogP contribution in [0.25, 0.3) is 0 Å². The molecule has 2 nitrogen and oxygen atoms in total. The maximum Gasteiger partial charge on any atom is 0.0935 e. The first-order chi connectivity index (χ1) is 5.66. The third-order valence-corrected chi connectivity index (χ3v) is 3.79. The van der Waals surface area contributed by atoms with Gasteiger partial charge in [0.2, 0.25) is 0 Å². The molecule has 1 heterocycles. The summed E-state index contributed by atoms with van der Waals surface area (Å²) in [5, 5.41) is 0. The zero-order valence-electron chi connectivity index (χ0n) is 7.71. The average molecular weight is 188 g/mol. The summed E-state index contributed by atoms with van der Waals surface area (Å²) in [6, 6.07) is 0. The minimum absolute atomic E-state index is 0.143. The Balaban J connectivity index is 2.34. The molecule has 1 saturated heterocycles. The monoisotopic (exact) mass is 188 g/mol. The number of hydrogen-bond donors (Lipinski definition) is 0. The lowest BCUT2D eigenvalue weighted by Gasteiger charge is -2.20. The third kappa shape index (κ3) is 2.63. The van der Waals surface area contributed by atoms with Gasteiger partial charge in [0, 0.05) is 27.7 Å². The van der Waals surface area contributed by atoms with Gasteiger partial charge in [-0.25, -0.2) is 0 Å². The maximum absolute atomic E-state index is 11.1.